The van der Waals surface area contributed by atoms with Crippen LogP contribution in [0.4, 0.5) is 0 Å². The fourth-order valence-corrected chi connectivity index (χ4v) is 28.3. The van der Waals surface area contributed by atoms with Gasteiger partial charge in [-0.25, -0.2) is 14.4 Å². The van der Waals surface area contributed by atoms with E-state index < -0.39 is 52.2 Å². The normalized spacial score (nSPS) is 25.5. The first-order chi connectivity index (χ1) is 22.1. The summed E-state index contributed by atoms with van der Waals surface area (Å²) in [4.78, 5) is 36.0. The van der Waals surface area contributed by atoms with E-state index in [0.29, 0.717) is 78.9 Å². The maximum Gasteiger partial charge on any atom is 0.333 e. The Balaban J connectivity index is 3.34. The van der Waals surface area contributed by atoms with Gasteiger partial charge in [0.15, 0.2) is 0 Å². The van der Waals surface area contributed by atoms with E-state index >= 15 is 0 Å². The minimum absolute atomic E-state index is 0.189. The van der Waals surface area contributed by atoms with Crippen LogP contribution in [0.25, 0.3) is 0 Å². The summed E-state index contributed by atoms with van der Waals surface area (Å²) in [6.45, 7) is 34.5. The molecule has 0 aromatic rings. The Bertz CT molecular complexity index is 1020. The van der Waals surface area contributed by atoms with Gasteiger partial charge in [-0.05, 0) is 109 Å². The van der Waals surface area contributed by atoms with E-state index in [-0.39, 0.29) is 19.8 Å². The summed E-state index contributed by atoms with van der Waals surface area (Å²) >= 11 is 0. The summed E-state index contributed by atoms with van der Waals surface area (Å²) in [5, 5.41) is 0. The molecule has 0 N–H and O–H groups in total. The molecule has 0 aliphatic carbocycles. The van der Waals surface area contributed by atoms with Gasteiger partial charge in [0, 0.05) is 16.7 Å². The summed E-state index contributed by atoms with van der Waals surface area (Å²) < 4.78 is 50.2. The van der Waals surface area contributed by atoms with Crippen LogP contribution in [-0.2, 0) is 49.8 Å². The molecule has 0 aromatic heterocycles. The zero-order chi connectivity index (χ0) is 36.8. The highest BCUT2D eigenvalue weighted by atomic mass is 28.5. The second-order valence-corrected chi connectivity index (χ2v) is 27.5. The van der Waals surface area contributed by atoms with Crippen molar-refractivity contribution in [3.05, 3.63) is 60.9 Å². The molecule has 2 atom stereocenters. The van der Waals surface area contributed by atoms with Crippen molar-refractivity contribution in [2.24, 2.45) is 0 Å². The van der Waals surface area contributed by atoms with Crippen LogP contribution >= 0.6 is 0 Å². The maximum absolute atomic E-state index is 12.0. The lowest BCUT2D eigenvalue weighted by atomic mass is 10.3. The molecule has 0 saturated carbocycles. The molecular formula is C33H58O11Si4. The van der Waals surface area contributed by atoms with Crippen molar-refractivity contribution >= 4 is 52.2 Å². The fourth-order valence-electron chi connectivity index (χ4n) is 5.07. The van der Waals surface area contributed by atoms with Crippen LogP contribution in [0.15, 0.2) is 60.9 Å². The van der Waals surface area contributed by atoms with Crippen molar-refractivity contribution in [3.8, 4) is 0 Å². The van der Waals surface area contributed by atoms with Gasteiger partial charge in [-0.1, -0.05) is 32.9 Å². The highest BCUT2D eigenvalue weighted by molar-refractivity contribution is 6.93. The molecule has 11 nitrogen and oxygen atoms in total. The molecule has 1 heterocycles. The van der Waals surface area contributed by atoms with E-state index in [4.69, 9.17) is 35.4 Å². The van der Waals surface area contributed by atoms with E-state index in [1.54, 1.807) is 20.8 Å². The van der Waals surface area contributed by atoms with Gasteiger partial charge in [-0.2, -0.15) is 0 Å². The molecule has 0 spiro atoms. The van der Waals surface area contributed by atoms with E-state index in [1.165, 1.54) is 0 Å². The fraction of sp³-hybridized carbons (Fsp3) is 0.606. The predicted molar refractivity (Wildman–Crippen MR) is 196 cm³/mol. The van der Waals surface area contributed by atoms with E-state index in [1.807, 2.05) is 33.1 Å². The second kappa shape index (κ2) is 19.7. The average molecular weight is 743 g/mol. The van der Waals surface area contributed by atoms with Crippen molar-refractivity contribution in [2.75, 3.05) is 26.4 Å². The van der Waals surface area contributed by atoms with Gasteiger partial charge in [-0.3, -0.25) is 0 Å². The van der Waals surface area contributed by atoms with Crippen molar-refractivity contribution in [2.45, 2.75) is 104 Å². The Morgan fingerprint density at radius 3 is 0.875 bits per heavy atom. The monoisotopic (exact) mass is 742 g/mol. The lowest BCUT2D eigenvalue weighted by Gasteiger charge is -2.50. The number of hydrogen-bond acceptors (Lipinski definition) is 11. The number of carbonyl (C=O) groups excluding carboxylic acids is 3. The van der Waals surface area contributed by atoms with Crippen LogP contribution in [0, 0.1) is 0 Å². The van der Waals surface area contributed by atoms with Crippen LogP contribution < -0.4 is 0 Å². The quantitative estimate of drug-likeness (QED) is 0.0223. The molecular weight excluding hydrogens is 685 g/mol. The molecule has 0 amide bonds. The summed E-state index contributed by atoms with van der Waals surface area (Å²) in [5.41, 5.74) is 1.76. The standard InChI is InChI=1S/C33H58O11Si4/c1-26(2)30(9)37-18-14-22-45(10)41-46(11,23-15-19-38-31(34)27(3)4)43-48(13,25-17-21-40-33(36)29(7)8)44-47(12,42-45)24-16-20-39-32(35)28(5)6/h1,3,5,7,9,14-25H2,2,4,6,8,10-13H3. The topological polar surface area (TPSA) is 125 Å². The van der Waals surface area contributed by atoms with Crippen LogP contribution in [0.5, 0.6) is 0 Å². The van der Waals surface area contributed by atoms with Crippen LogP contribution in [0.1, 0.15) is 53.4 Å². The van der Waals surface area contributed by atoms with Gasteiger partial charge in [0.2, 0.25) is 0 Å². The maximum atomic E-state index is 12.0. The second-order valence-electron chi connectivity index (χ2n) is 13.2. The van der Waals surface area contributed by atoms with Crippen molar-refractivity contribution in [1.29, 1.82) is 0 Å². The van der Waals surface area contributed by atoms with Gasteiger partial charge in [0.05, 0.1) is 26.4 Å². The highest BCUT2D eigenvalue weighted by Crippen LogP contribution is 2.38. The van der Waals surface area contributed by atoms with Crippen LogP contribution in [-0.4, -0.2) is 78.6 Å². The largest absolute Gasteiger partial charge is 0.494 e. The smallest absolute Gasteiger partial charge is 0.333 e. The van der Waals surface area contributed by atoms with Crippen molar-refractivity contribution in [1.82, 2.24) is 0 Å². The number of ether oxygens (including phenoxy) is 4. The summed E-state index contributed by atoms with van der Waals surface area (Å²) in [5.74, 6) is -0.793. The molecule has 1 rings (SSSR count). The first kappa shape index (κ1) is 43.6. The third-order valence-electron chi connectivity index (χ3n) is 7.33. The Morgan fingerprint density at radius 1 is 0.438 bits per heavy atom. The number of hydrogen-bond donors (Lipinski definition) is 0. The van der Waals surface area contributed by atoms with E-state index in [2.05, 4.69) is 32.9 Å². The molecule has 48 heavy (non-hydrogen) atoms. The molecule has 1 saturated heterocycles. The summed E-state index contributed by atoms with van der Waals surface area (Å²) in [6.07, 6.45) is 2.22. The number of esters is 3. The van der Waals surface area contributed by atoms with Gasteiger partial charge in [0.25, 0.3) is 0 Å². The van der Waals surface area contributed by atoms with Crippen LogP contribution in [0.3, 0.4) is 0 Å². The molecule has 0 bridgehead atoms. The Kier molecular flexibility index (Phi) is 17.9. The minimum atomic E-state index is -3.02. The first-order valence-corrected chi connectivity index (χ1v) is 26.5. The number of carbonyl (C=O) groups is 3. The van der Waals surface area contributed by atoms with Gasteiger partial charge in [0.1, 0.15) is 5.76 Å². The zero-order valence-corrected chi connectivity index (χ0v) is 34.5. The minimum Gasteiger partial charge on any atom is -0.494 e. The molecule has 1 aliphatic rings. The molecule has 15 heteroatoms. The third-order valence-corrected chi connectivity index (χ3v) is 26.2. The Labute approximate surface area is 292 Å². The lowest BCUT2D eigenvalue weighted by molar-refractivity contribution is -0.139. The molecule has 2 unspecified atom stereocenters. The molecule has 1 aliphatic heterocycles. The average Bonchev–Trinajstić information content (AvgIpc) is 2.96. The van der Waals surface area contributed by atoms with E-state index in [0.717, 1.165) is 5.57 Å². The SMILES string of the molecule is C=C(C)C(=C)OCCC[Si]1(C)O[Si](C)(CCCOC(=O)C(=C)C)O[Si](C)(CCCOC(=O)C(=C)C)O[Si](C)(CCCOC(=O)C(=C)C)O1. The van der Waals surface area contributed by atoms with Gasteiger partial charge in [-0.15, -0.1) is 0 Å². The number of allylic oxidation sites excluding steroid dienone is 1. The van der Waals surface area contributed by atoms with Gasteiger partial charge < -0.3 is 35.4 Å². The third kappa shape index (κ3) is 16.3. The Hall–Kier alpha value is -2.38. The zero-order valence-electron chi connectivity index (χ0n) is 30.5. The molecule has 0 aromatic carbocycles. The number of rotatable bonds is 21. The van der Waals surface area contributed by atoms with E-state index in [9.17, 15) is 14.4 Å². The molecule has 1 fully saturated rings. The summed E-state index contributed by atoms with van der Waals surface area (Å²) in [6, 6.07) is 2.21. The van der Waals surface area contributed by atoms with Crippen molar-refractivity contribution in [3.63, 3.8) is 0 Å². The predicted octanol–water partition coefficient (Wildman–Crippen LogP) is 7.38. The van der Waals surface area contributed by atoms with Gasteiger partial charge >= 0.3 is 52.2 Å². The lowest BCUT2D eigenvalue weighted by Crippen LogP contribution is -2.67. The first-order valence-electron chi connectivity index (χ1n) is 16.4. The van der Waals surface area contributed by atoms with Crippen LogP contribution in [0.2, 0.25) is 50.4 Å². The molecule has 272 valence electrons. The molecule has 0 radical (unpaired) electrons. The highest BCUT2D eigenvalue weighted by Gasteiger charge is 2.56. The van der Waals surface area contributed by atoms with Crippen molar-refractivity contribution < 1.29 is 49.8 Å². The summed E-state index contributed by atoms with van der Waals surface area (Å²) in [7, 11) is -12.0. The Morgan fingerprint density at radius 2 is 0.667 bits per heavy atom.